The quantitative estimate of drug-likeness (QED) is 0.520. The average molecular weight is 424 g/mol. The van der Waals surface area contributed by atoms with Gasteiger partial charge in [-0.3, -0.25) is 24.8 Å². The third-order valence-corrected chi connectivity index (χ3v) is 5.78. The Kier molecular flexibility index (Phi) is 6.36. The van der Waals surface area contributed by atoms with Crippen molar-refractivity contribution in [1.82, 2.24) is 4.90 Å². The Morgan fingerprint density at radius 1 is 1.15 bits per heavy atom. The van der Waals surface area contributed by atoms with Crippen molar-refractivity contribution in [2.24, 2.45) is 4.99 Å². The van der Waals surface area contributed by atoms with Gasteiger partial charge in [0, 0.05) is 24.4 Å². The lowest BCUT2D eigenvalue weighted by atomic mass is 10.1. The number of halogens is 2. The molecule has 0 spiro atoms. The van der Waals surface area contributed by atoms with Crippen LogP contribution in [-0.4, -0.2) is 34.0 Å². The highest BCUT2D eigenvalue weighted by Gasteiger charge is 2.24. The van der Waals surface area contributed by atoms with Crippen molar-refractivity contribution >= 4 is 51.7 Å². The second-order valence-corrected chi connectivity index (χ2v) is 7.60. The maximum absolute atomic E-state index is 12.6. The molecule has 0 unspecified atom stereocenters. The van der Waals surface area contributed by atoms with Gasteiger partial charge in [0.05, 0.1) is 27.9 Å². The Bertz CT molecular complexity index is 903. The van der Waals surface area contributed by atoms with Gasteiger partial charge in [0.15, 0.2) is 5.17 Å². The zero-order valence-corrected chi connectivity index (χ0v) is 16.4. The first-order chi connectivity index (χ1) is 12.9. The van der Waals surface area contributed by atoms with Crippen molar-refractivity contribution in [3.05, 3.63) is 73.8 Å². The Balaban J connectivity index is 1.60. The molecule has 0 aliphatic carbocycles. The molecule has 1 heterocycles. The van der Waals surface area contributed by atoms with Gasteiger partial charge in [-0.25, -0.2) is 0 Å². The van der Waals surface area contributed by atoms with Crippen LogP contribution in [-0.2, 0) is 17.0 Å². The topological polar surface area (TPSA) is 75.8 Å². The number of rotatable bonds is 5. The first-order valence-electron chi connectivity index (χ1n) is 8.09. The predicted molar refractivity (Wildman–Crippen MR) is 109 cm³/mol. The van der Waals surface area contributed by atoms with Crippen LogP contribution in [0.4, 0.5) is 5.69 Å². The van der Waals surface area contributed by atoms with E-state index in [1.54, 1.807) is 29.2 Å². The Labute approximate surface area is 170 Å². The van der Waals surface area contributed by atoms with Crippen LogP contribution < -0.4 is 0 Å². The molecule has 0 bridgehead atoms. The molecular weight excluding hydrogens is 409 g/mol. The van der Waals surface area contributed by atoms with E-state index in [9.17, 15) is 14.9 Å². The standard InChI is InChI=1S/C18H15Cl2N3O3S/c19-15-6-3-13(9-16(15)20)11-27-18-21-7-8-22(18)17(24)10-12-1-4-14(5-2-12)23(25)26/h1-6,9H,7-8,10-11H2. The van der Waals surface area contributed by atoms with E-state index in [0.717, 1.165) is 11.1 Å². The predicted octanol–water partition coefficient (Wildman–Crippen LogP) is 4.58. The minimum Gasteiger partial charge on any atom is -0.289 e. The van der Waals surface area contributed by atoms with E-state index in [1.165, 1.54) is 23.9 Å². The van der Waals surface area contributed by atoms with Crippen LogP contribution >= 0.6 is 35.0 Å². The molecule has 0 radical (unpaired) electrons. The van der Waals surface area contributed by atoms with Gasteiger partial charge in [0.1, 0.15) is 0 Å². The van der Waals surface area contributed by atoms with Crippen LogP contribution in [0.3, 0.4) is 0 Å². The number of nitro groups is 1. The van der Waals surface area contributed by atoms with Crippen LogP contribution in [0.2, 0.25) is 10.0 Å². The van der Waals surface area contributed by atoms with Crippen LogP contribution in [0.5, 0.6) is 0 Å². The highest BCUT2D eigenvalue weighted by Crippen LogP contribution is 2.26. The van der Waals surface area contributed by atoms with Gasteiger partial charge >= 0.3 is 0 Å². The van der Waals surface area contributed by atoms with Gasteiger partial charge in [-0.2, -0.15) is 0 Å². The number of carbonyl (C=O) groups excluding carboxylic acids is 1. The van der Waals surface area contributed by atoms with E-state index < -0.39 is 4.92 Å². The fourth-order valence-electron chi connectivity index (χ4n) is 2.56. The van der Waals surface area contributed by atoms with Crippen LogP contribution in [0, 0.1) is 10.1 Å². The molecule has 0 saturated carbocycles. The van der Waals surface area contributed by atoms with E-state index in [-0.39, 0.29) is 18.0 Å². The summed E-state index contributed by atoms with van der Waals surface area (Å²) in [7, 11) is 0. The van der Waals surface area contributed by atoms with E-state index in [0.29, 0.717) is 34.1 Å². The molecule has 9 heteroatoms. The highest BCUT2D eigenvalue weighted by atomic mass is 35.5. The molecule has 0 fully saturated rings. The van der Waals surface area contributed by atoms with Crippen molar-refractivity contribution in [2.45, 2.75) is 12.2 Å². The molecular formula is C18H15Cl2N3O3S. The van der Waals surface area contributed by atoms with E-state index in [2.05, 4.69) is 4.99 Å². The number of non-ortho nitro benzene ring substituents is 1. The van der Waals surface area contributed by atoms with Crippen LogP contribution in [0.25, 0.3) is 0 Å². The first-order valence-corrected chi connectivity index (χ1v) is 9.83. The highest BCUT2D eigenvalue weighted by molar-refractivity contribution is 8.13. The van der Waals surface area contributed by atoms with Gasteiger partial charge in [0.25, 0.3) is 5.69 Å². The number of amides is 1. The van der Waals surface area contributed by atoms with Gasteiger partial charge in [-0.15, -0.1) is 0 Å². The molecule has 1 aliphatic heterocycles. The van der Waals surface area contributed by atoms with Gasteiger partial charge in [-0.05, 0) is 23.3 Å². The lowest BCUT2D eigenvalue weighted by molar-refractivity contribution is -0.384. The molecule has 140 valence electrons. The van der Waals surface area contributed by atoms with Crippen molar-refractivity contribution in [1.29, 1.82) is 0 Å². The molecule has 0 saturated heterocycles. The molecule has 27 heavy (non-hydrogen) atoms. The lowest BCUT2D eigenvalue weighted by Gasteiger charge is -2.18. The number of amidine groups is 1. The normalized spacial score (nSPS) is 13.6. The summed E-state index contributed by atoms with van der Waals surface area (Å²) in [5.74, 6) is 0.540. The summed E-state index contributed by atoms with van der Waals surface area (Å²) in [6, 6.07) is 11.4. The van der Waals surface area contributed by atoms with Crippen LogP contribution in [0.1, 0.15) is 11.1 Å². The lowest BCUT2D eigenvalue weighted by Crippen LogP contribution is -2.34. The van der Waals surface area contributed by atoms with Gasteiger partial charge in [-0.1, -0.05) is 53.2 Å². The molecule has 1 amide bonds. The number of nitrogens with zero attached hydrogens (tertiary/aromatic N) is 3. The number of thioether (sulfide) groups is 1. The van der Waals surface area contributed by atoms with Crippen molar-refractivity contribution in [3.63, 3.8) is 0 Å². The number of benzene rings is 2. The minimum atomic E-state index is -0.462. The van der Waals surface area contributed by atoms with E-state index in [1.807, 2.05) is 6.07 Å². The van der Waals surface area contributed by atoms with Gasteiger partial charge in [0.2, 0.25) is 5.91 Å². The summed E-state index contributed by atoms with van der Waals surface area (Å²) in [5.41, 5.74) is 1.73. The molecule has 1 aliphatic rings. The van der Waals surface area contributed by atoms with E-state index in [4.69, 9.17) is 23.2 Å². The fraction of sp³-hybridized carbons (Fsp3) is 0.222. The number of hydrogen-bond donors (Lipinski definition) is 0. The Morgan fingerprint density at radius 3 is 2.52 bits per heavy atom. The number of nitro benzene ring substituents is 1. The summed E-state index contributed by atoms with van der Waals surface area (Å²) in [5, 5.41) is 12.4. The number of hydrogen-bond acceptors (Lipinski definition) is 5. The van der Waals surface area contributed by atoms with Crippen molar-refractivity contribution in [3.8, 4) is 0 Å². The zero-order chi connectivity index (χ0) is 19.4. The maximum atomic E-state index is 12.6. The monoisotopic (exact) mass is 423 g/mol. The van der Waals surface area contributed by atoms with E-state index >= 15 is 0 Å². The molecule has 0 aromatic heterocycles. The smallest absolute Gasteiger partial charge is 0.269 e. The molecule has 0 atom stereocenters. The second kappa shape index (κ2) is 8.73. The Hall–Kier alpha value is -2.09. The fourth-order valence-corrected chi connectivity index (χ4v) is 3.89. The number of aliphatic imine (C=N–C) groups is 1. The summed E-state index contributed by atoms with van der Waals surface area (Å²) in [6.07, 6.45) is 0.171. The maximum Gasteiger partial charge on any atom is 0.269 e. The molecule has 2 aromatic rings. The summed E-state index contributed by atoms with van der Waals surface area (Å²) >= 11 is 13.4. The first kappa shape index (κ1) is 19.7. The summed E-state index contributed by atoms with van der Waals surface area (Å²) in [6.45, 7) is 1.10. The summed E-state index contributed by atoms with van der Waals surface area (Å²) in [4.78, 5) is 28.9. The summed E-state index contributed by atoms with van der Waals surface area (Å²) < 4.78 is 0. The SMILES string of the molecule is O=C(Cc1ccc([N+](=O)[O-])cc1)N1CCN=C1SCc1ccc(Cl)c(Cl)c1. The minimum absolute atomic E-state index is 0.00630. The van der Waals surface area contributed by atoms with Crippen LogP contribution in [0.15, 0.2) is 47.5 Å². The molecule has 2 aromatic carbocycles. The largest absolute Gasteiger partial charge is 0.289 e. The molecule has 6 nitrogen and oxygen atoms in total. The molecule has 0 N–H and O–H groups in total. The average Bonchev–Trinajstić information content (AvgIpc) is 3.12. The third-order valence-electron chi connectivity index (χ3n) is 3.96. The van der Waals surface area contributed by atoms with Gasteiger partial charge < -0.3 is 0 Å². The zero-order valence-electron chi connectivity index (χ0n) is 14.1. The van der Waals surface area contributed by atoms with Crippen molar-refractivity contribution in [2.75, 3.05) is 13.1 Å². The second-order valence-electron chi connectivity index (χ2n) is 5.85. The molecule has 3 rings (SSSR count). The van der Waals surface area contributed by atoms with Crippen molar-refractivity contribution < 1.29 is 9.72 Å². The Morgan fingerprint density at radius 2 is 1.85 bits per heavy atom. The third kappa shape index (κ3) is 5.00. The number of carbonyl (C=O) groups is 1.